The van der Waals surface area contributed by atoms with E-state index in [2.05, 4.69) is 10.3 Å². The number of nitrogens with zero attached hydrogens (tertiary/aromatic N) is 2. The zero-order chi connectivity index (χ0) is 27.6. The summed E-state index contributed by atoms with van der Waals surface area (Å²) in [6, 6.07) is 0. The zero-order valence-electron chi connectivity index (χ0n) is 21.0. The van der Waals surface area contributed by atoms with E-state index in [9.17, 15) is 24.0 Å². The average Bonchev–Trinajstić information content (AvgIpc) is 3.20. The Morgan fingerprint density at radius 1 is 0.838 bits per heavy atom. The highest BCUT2D eigenvalue weighted by Gasteiger charge is 2.50. The minimum atomic E-state index is -1.35. The molecule has 3 rings (SSSR count). The Bertz CT molecular complexity index is 1130. The Hall–Kier alpha value is -3.59. The lowest BCUT2D eigenvalue weighted by Crippen LogP contribution is -2.43. The maximum Gasteiger partial charge on any atom is 0.351 e. The van der Waals surface area contributed by atoms with Crippen molar-refractivity contribution in [3.8, 4) is 0 Å². The monoisotopic (exact) mass is 529 g/mol. The van der Waals surface area contributed by atoms with Gasteiger partial charge in [-0.05, 0) is 13.8 Å². The third kappa shape index (κ3) is 6.40. The summed E-state index contributed by atoms with van der Waals surface area (Å²) in [6.45, 7) is 7.66. The lowest BCUT2D eigenvalue weighted by atomic mass is 10.1. The van der Waals surface area contributed by atoms with Gasteiger partial charge in [-0.3, -0.25) is 23.7 Å². The molecule has 2 aliphatic heterocycles. The van der Waals surface area contributed by atoms with Crippen LogP contribution in [0.2, 0.25) is 0 Å². The molecule has 1 aromatic heterocycles. The molecule has 1 N–H and O–H groups in total. The predicted molar refractivity (Wildman–Crippen MR) is 118 cm³/mol. The largest absolute Gasteiger partial charge is 0.456 e. The van der Waals surface area contributed by atoms with Crippen molar-refractivity contribution in [2.45, 2.75) is 90.6 Å². The van der Waals surface area contributed by atoms with Crippen LogP contribution >= 0.6 is 0 Å². The molecule has 2 aliphatic rings. The van der Waals surface area contributed by atoms with E-state index in [1.54, 1.807) is 6.92 Å². The summed E-state index contributed by atoms with van der Waals surface area (Å²) >= 11 is 0. The molecule has 2 fully saturated rings. The van der Waals surface area contributed by atoms with Crippen LogP contribution in [0.5, 0.6) is 0 Å². The summed E-state index contributed by atoms with van der Waals surface area (Å²) in [5, 5.41) is 2.56. The molecule has 1 aromatic rings. The standard InChI is InChI=1S/C22H28FN3O11/c1-8-15(34-10(3)27)17(36-12(5)29)20(32-8)24-19-14(23)7-26(22(31)25-19)21-18(37-13(6)30)16(9(2)33-21)35-11(4)28/h7-9,15-18,20-21H,1-6H3,(H,24,25,31)/t8-,9-,15-,16-,17-,18-,20-,21-/m1/s1. The molecule has 0 aromatic carbocycles. The number of esters is 4. The van der Waals surface area contributed by atoms with Gasteiger partial charge in [0.2, 0.25) is 0 Å². The van der Waals surface area contributed by atoms with Crippen LogP contribution in [-0.2, 0) is 47.6 Å². The minimum absolute atomic E-state index is 0.550. The maximum absolute atomic E-state index is 15.1. The number of carbonyl (C=O) groups excluding carboxylic acids is 4. The van der Waals surface area contributed by atoms with Crippen molar-refractivity contribution in [1.29, 1.82) is 0 Å². The first-order valence-corrected chi connectivity index (χ1v) is 11.3. The first-order valence-electron chi connectivity index (χ1n) is 11.3. The highest BCUT2D eigenvalue weighted by Crippen LogP contribution is 2.34. The third-order valence-corrected chi connectivity index (χ3v) is 5.54. The van der Waals surface area contributed by atoms with Crippen LogP contribution in [0, 0.1) is 5.82 Å². The second-order valence-electron chi connectivity index (χ2n) is 8.56. The third-order valence-electron chi connectivity index (χ3n) is 5.54. The van der Waals surface area contributed by atoms with Crippen LogP contribution in [0.3, 0.4) is 0 Å². The van der Waals surface area contributed by atoms with E-state index in [1.807, 2.05) is 0 Å². The number of rotatable bonds is 7. The van der Waals surface area contributed by atoms with Crippen molar-refractivity contribution in [1.82, 2.24) is 9.55 Å². The maximum atomic E-state index is 15.1. The quantitative estimate of drug-likeness (QED) is 0.375. The summed E-state index contributed by atoms with van der Waals surface area (Å²) in [5.74, 6) is -4.36. The van der Waals surface area contributed by atoms with Crippen LogP contribution in [0.1, 0.15) is 47.8 Å². The SMILES string of the molecule is CC(=O)O[C@@H]1[C@H](OC(C)=O)[C@@H](C)O[C@H]1Nc1nc(=O)n([C@@H]2O[C@H](C)[C@@H](OC(C)=O)[C@H]2OC(C)=O)cc1F. The number of nitrogens with one attached hydrogen (secondary N) is 1. The number of ether oxygens (including phenoxy) is 6. The summed E-state index contributed by atoms with van der Waals surface area (Å²) < 4.78 is 48.0. The van der Waals surface area contributed by atoms with Gasteiger partial charge in [-0.2, -0.15) is 4.98 Å². The Balaban J connectivity index is 1.89. The van der Waals surface area contributed by atoms with Crippen LogP contribution in [0.25, 0.3) is 0 Å². The lowest BCUT2D eigenvalue weighted by Gasteiger charge is -2.25. The highest BCUT2D eigenvalue weighted by molar-refractivity contribution is 5.68. The van der Waals surface area contributed by atoms with Gasteiger partial charge in [-0.1, -0.05) is 0 Å². The molecule has 15 heteroatoms. The summed E-state index contributed by atoms with van der Waals surface area (Å²) in [4.78, 5) is 62.8. The van der Waals surface area contributed by atoms with Gasteiger partial charge in [0.25, 0.3) is 0 Å². The molecular weight excluding hydrogens is 501 g/mol. The van der Waals surface area contributed by atoms with Crippen LogP contribution in [0.15, 0.2) is 11.0 Å². The van der Waals surface area contributed by atoms with Crippen molar-refractivity contribution in [2.24, 2.45) is 0 Å². The number of halogens is 1. The number of hydrogen-bond donors (Lipinski definition) is 1. The van der Waals surface area contributed by atoms with E-state index < -0.39 is 90.3 Å². The molecule has 2 saturated heterocycles. The molecule has 0 spiro atoms. The van der Waals surface area contributed by atoms with Crippen molar-refractivity contribution >= 4 is 29.7 Å². The molecule has 0 radical (unpaired) electrons. The molecular formula is C22H28FN3O11. The van der Waals surface area contributed by atoms with E-state index in [1.165, 1.54) is 13.8 Å². The Labute approximate surface area is 210 Å². The fourth-order valence-electron chi connectivity index (χ4n) is 4.18. The average molecular weight is 529 g/mol. The summed E-state index contributed by atoms with van der Waals surface area (Å²) in [7, 11) is 0. The van der Waals surface area contributed by atoms with E-state index in [-0.39, 0.29) is 0 Å². The van der Waals surface area contributed by atoms with Gasteiger partial charge in [-0.15, -0.1) is 0 Å². The molecule has 0 bridgehead atoms. The van der Waals surface area contributed by atoms with E-state index in [4.69, 9.17) is 28.4 Å². The van der Waals surface area contributed by atoms with Gasteiger partial charge in [0, 0.05) is 27.7 Å². The second kappa shape index (κ2) is 11.2. The molecule has 0 amide bonds. The molecule has 0 saturated carbocycles. The predicted octanol–water partition coefficient (Wildman–Crippen LogP) is 0.183. The normalized spacial score (nSPS) is 30.9. The van der Waals surface area contributed by atoms with Gasteiger partial charge in [-0.25, -0.2) is 9.18 Å². The first-order chi connectivity index (χ1) is 17.3. The minimum Gasteiger partial charge on any atom is -0.456 e. The molecule has 37 heavy (non-hydrogen) atoms. The second-order valence-corrected chi connectivity index (χ2v) is 8.56. The van der Waals surface area contributed by atoms with Crippen LogP contribution in [0.4, 0.5) is 10.2 Å². The van der Waals surface area contributed by atoms with E-state index in [0.29, 0.717) is 0 Å². The van der Waals surface area contributed by atoms with Gasteiger partial charge < -0.3 is 33.7 Å². The first kappa shape index (κ1) is 28.0. The highest BCUT2D eigenvalue weighted by atomic mass is 19.1. The van der Waals surface area contributed by atoms with E-state index >= 15 is 4.39 Å². The van der Waals surface area contributed by atoms with Gasteiger partial charge in [0.1, 0.15) is 0 Å². The van der Waals surface area contributed by atoms with Crippen molar-refractivity contribution < 1.29 is 52.0 Å². The molecule has 3 heterocycles. The molecule has 0 unspecified atom stereocenters. The van der Waals surface area contributed by atoms with Crippen molar-refractivity contribution in [3.63, 3.8) is 0 Å². The van der Waals surface area contributed by atoms with Crippen LogP contribution < -0.4 is 11.0 Å². The Morgan fingerprint density at radius 3 is 1.84 bits per heavy atom. The smallest absolute Gasteiger partial charge is 0.351 e. The van der Waals surface area contributed by atoms with Gasteiger partial charge in [0.05, 0.1) is 18.4 Å². The summed E-state index contributed by atoms with van der Waals surface area (Å²) in [6.07, 6.45) is -7.84. The molecule has 0 aliphatic carbocycles. The van der Waals surface area contributed by atoms with Crippen LogP contribution in [-0.4, -0.2) is 76.3 Å². The number of aromatic nitrogens is 2. The van der Waals surface area contributed by atoms with E-state index in [0.717, 1.165) is 31.5 Å². The molecule has 204 valence electrons. The fourth-order valence-corrected chi connectivity index (χ4v) is 4.18. The molecule has 14 nitrogen and oxygen atoms in total. The number of hydrogen-bond acceptors (Lipinski definition) is 13. The Kier molecular flexibility index (Phi) is 8.48. The van der Waals surface area contributed by atoms with Gasteiger partial charge in [0.15, 0.2) is 48.5 Å². The lowest BCUT2D eigenvalue weighted by molar-refractivity contribution is -0.165. The van der Waals surface area contributed by atoms with Gasteiger partial charge >= 0.3 is 29.6 Å². The number of anilines is 1. The van der Waals surface area contributed by atoms with Crippen molar-refractivity contribution in [3.05, 3.63) is 22.5 Å². The van der Waals surface area contributed by atoms with Crippen molar-refractivity contribution in [2.75, 3.05) is 5.32 Å². The fraction of sp³-hybridized carbons (Fsp3) is 0.636. The number of carbonyl (C=O) groups is 4. The topological polar surface area (TPSA) is 171 Å². The zero-order valence-corrected chi connectivity index (χ0v) is 21.0. The molecule has 8 atom stereocenters. The Morgan fingerprint density at radius 2 is 1.30 bits per heavy atom. The summed E-state index contributed by atoms with van der Waals surface area (Å²) in [5.41, 5.74) is -1.01.